The number of nitrogens with zero attached hydrogens (tertiary/aromatic N) is 2. The molecule has 1 saturated heterocycles. The summed E-state index contributed by atoms with van der Waals surface area (Å²) in [5.41, 5.74) is 1.81. The maximum Gasteiger partial charge on any atom is 0.251 e. The second kappa shape index (κ2) is 11.3. The molecule has 0 atom stereocenters. The van der Waals surface area contributed by atoms with Gasteiger partial charge in [0.2, 0.25) is 0 Å². The van der Waals surface area contributed by atoms with Gasteiger partial charge in [0, 0.05) is 42.7 Å². The van der Waals surface area contributed by atoms with Crippen LogP contribution in [0.5, 0.6) is 0 Å². The number of nitrogens with one attached hydrogen (secondary N) is 2. The van der Waals surface area contributed by atoms with Crippen molar-refractivity contribution in [2.45, 2.75) is 50.3 Å². The number of hydrogen-bond acceptors (Lipinski definition) is 3. The Labute approximate surface area is 190 Å². The number of halogens is 1. The SMILES string of the molecule is CCNC(=NCc1ccc(C(=O)NC)cc1)N1CCSC2(CCCCC2)C1.I. The lowest BCUT2D eigenvalue weighted by atomic mass is 9.87. The second-order valence-electron chi connectivity index (χ2n) is 7.46. The van der Waals surface area contributed by atoms with Crippen molar-refractivity contribution in [3.8, 4) is 0 Å². The minimum Gasteiger partial charge on any atom is -0.357 e. The van der Waals surface area contributed by atoms with Gasteiger partial charge in [-0.05, 0) is 37.5 Å². The molecule has 1 spiro atoms. The van der Waals surface area contributed by atoms with Gasteiger partial charge < -0.3 is 15.5 Å². The maximum atomic E-state index is 11.7. The molecule has 1 aromatic rings. The number of carbonyl (C=O) groups is 1. The van der Waals surface area contributed by atoms with Crippen molar-refractivity contribution in [2.24, 2.45) is 4.99 Å². The zero-order chi connectivity index (χ0) is 19.1. The lowest BCUT2D eigenvalue weighted by Crippen LogP contribution is -2.53. The third-order valence-corrected chi connectivity index (χ3v) is 7.04. The third-order valence-electron chi connectivity index (χ3n) is 5.50. The summed E-state index contributed by atoms with van der Waals surface area (Å²) < 4.78 is 0.432. The highest BCUT2D eigenvalue weighted by Gasteiger charge is 2.38. The first-order valence-electron chi connectivity index (χ1n) is 10.1. The maximum absolute atomic E-state index is 11.7. The van der Waals surface area contributed by atoms with Gasteiger partial charge in [-0.3, -0.25) is 4.79 Å². The normalized spacial score (nSPS) is 19.1. The highest BCUT2D eigenvalue weighted by Crippen LogP contribution is 2.42. The van der Waals surface area contributed by atoms with E-state index in [2.05, 4.69) is 34.2 Å². The smallest absolute Gasteiger partial charge is 0.251 e. The minimum absolute atomic E-state index is 0. The first-order chi connectivity index (χ1) is 13.2. The van der Waals surface area contributed by atoms with Crippen molar-refractivity contribution in [3.05, 3.63) is 35.4 Å². The molecule has 2 aliphatic rings. The van der Waals surface area contributed by atoms with E-state index in [-0.39, 0.29) is 29.9 Å². The zero-order valence-corrected chi connectivity index (χ0v) is 20.1. The molecule has 1 amide bonds. The van der Waals surface area contributed by atoms with Crippen LogP contribution in [0, 0.1) is 0 Å². The van der Waals surface area contributed by atoms with Gasteiger partial charge in [-0.25, -0.2) is 4.99 Å². The summed E-state index contributed by atoms with van der Waals surface area (Å²) in [4.78, 5) is 19.0. The molecule has 3 rings (SSSR count). The van der Waals surface area contributed by atoms with Gasteiger partial charge in [0.15, 0.2) is 5.96 Å². The van der Waals surface area contributed by atoms with E-state index in [1.165, 1.54) is 37.9 Å². The Morgan fingerprint density at radius 2 is 1.93 bits per heavy atom. The van der Waals surface area contributed by atoms with Crippen molar-refractivity contribution in [2.75, 3.05) is 32.4 Å². The number of guanidine groups is 1. The highest BCUT2D eigenvalue weighted by molar-refractivity contribution is 14.0. The van der Waals surface area contributed by atoms with Gasteiger partial charge >= 0.3 is 0 Å². The first-order valence-corrected chi connectivity index (χ1v) is 11.1. The molecule has 1 aliphatic carbocycles. The lowest BCUT2D eigenvalue weighted by molar-refractivity contribution is 0.0963. The second-order valence-corrected chi connectivity index (χ2v) is 9.02. The fraction of sp³-hybridized carbons (Fsp3) is 0.619. The third kappa shape index (κ3) is 6.02. The number of benzene rings is 1. The number of aliphatic imine (C=N–C) groups is 1. The van der Waals surface area contributed by atoms with Crippen molar-refractivity contribution >= 4 is 47.6 Å². The lowest BCUT2D eigenvalue weighted by Gasteiger charge is -2.45. The van der Waals surface area contributed by atoms with Gasteiger partial charge in [0.05, 0.1) is 6.54 Å². The molecule has 156 valence electrons. The van der Waals surface area contributed by atoms with Crippen LogP contribution >= 0.6 is 35.7 Å². The monoisotopic (exact) mass is 516 g/mol. The molecular weight excluding hydrogens is 483 g/mol. The number of amides is 1. The molecule has 0 aromatic heterocycles. The van der Waals surface area contributed by atoms with Crippen LogP contribution in [-0.4, -0.2) is 53.9 Å². The molecule has 1 heterocycles. The molecule has 7 heteroatoms. The number of hydrogen-bond donors (Lipinski definition) is 2. The minimum atomic E-state index is -0.0537. The average Bonchev–Trinajstić information content (AvgIpc) is 2.71. The van der Waals surface area contributed by atoms with E-state index in [0.29, 0.717) is 16.9 Å². The number of carbonyl (C=O) groups excluding carboxylic acids is 1. The van der Waals surface area contributed by atoms with Crippen LogP contribution in [0.1, 0.15) is 54.9 Å². The largest absolute Gasteiger partial charge is 0.357 e. The molecular formula is C21H33IN4OS. The molecule has 1 aromatic carbocycles. The molecule has 0 unspecified atom stereocenters. The molecule has 1 aliphatic heterocycles. The summed E-state index contributed by atoms with van der Waals surface area (Å²) in [5, 5.41) is 6.14. The summed E-state index contributed by atoms with van der Waals surface area (Å²) in [6.45, 7) is 5.81. The van der Waals surface area contributed by atoms with Crippen LogP contribution in [0.3, 0.4) is 0 Å². The summed E-state index contributed by atoms with van der Waals surface area (Å²) in [7, 11) is 1.65. The Hall–Kier alpha value is -0.960. The Morgan fingerprint density at radius 3 is 2.57 bits per heavy atom. The topological polar surface area (TPSA) is 56.7 Å². The van der Waals surface area contributed by atoms with Crippen LogP contribution in [-0.2, 0) is 6.54 Å². The van der Waals surface area contributed by atoms with Crippen molar-refractivity contribution < 1.29 is 4.79 Å². The van der Waals surface area contributed by atoms with E-state index in [9.17, 15) is 4.79 Å². The standard InChI is InChI=1S/C21H32N4OS.HI/c1-3-23-20(24-15-17-7-9-18(10-8-17)19(26)22-2)25-13-14-27-21(16-25)11-5-4-6-12-21;/h7-10H,3-6,11-16H2,1-2H3,(H,22,26)(H,23,24);1H. The van der Waals surface area contributed by atoms with Crippen LogP contribution in [0.15, 0.2) is 29.3 Å². The van der Waals surface area contributed by atoms with Crippen molar-refractivity contribution in [1.29, 1.82) is 0 Å². The van der Waals surface area contributed by atoms with E-state index in [4.69, 9.17) is 4.99 Å². The first kappa shape index (κ1) is 23.3. The summed E-state index contributed by atoms with van der Waals surface area (Å²) in [6, 6.07) is 7.72. The number of thioether (sulfide) groups is 1. The molecule has 28 heavy (non-hydrogen) atoms. The summed E-state index contributed by atoms with van der Waals surface area (Å²) in [6.07, 6.45) is 6.81. The molecule has 5 nitrogen and oxygen atoms in total. The van der Waals surface area contributed by atoms with Gasteiger partial charge in [0.1, 0.15) is 0 Å². The Kier molecular flexibility index (Phi) is 9.40. The fourth-order valence-corrected chi connectivity index (χ4v) is 5.59. The fourth-order valence-electron chi connectivity index (χ4n) is 4.02. The summed E-state index contributed by atoms with van der Waals surface area (Å²) in [5.74, 6) is 2.16. The van der Waals surface area contributed by atoms with Crippen LogP contribution in [0.2, 0.25) is 0 Å². The molecule has 1 saturated carbocycles. The Morgan fingerprint density at radius 1 is 1.21 bits per heavy atom. The van der Waals surface area contributed by atoms with Gasteiger partial charge in [-0.2, -0.15) is 11.8 Å². The average molecular weight is 516 g/mol. The predicted molar refractivity (Wildman–Crippen MR) is 130 cm³/mol. The quantitative estimate of drug-likeness (QED) is 0.363. The number of rotatable bonds is 4. The molecule has 0 radical (unpaired) electrons. The van der Waals surface area contributed by atoms with Crippen LogP contribution < -0.4 is 10.6 Å². The Balaban J connectivity index is 0.00000280. The predicted octanol–water partition coefficient (Wildman–Crippen LogP) is 3.88. The van der Waals surface area contributed by atoms with E-state index in [1.807, 2.05) is 24.3 Å². The molecule has 0 bridgehead atoms. The summed E-state index contributed by atoms with van der Waals surface area (Å²) >= 11 is 2.18. The van der Waals surface area contributed by atoms with Gasteiger partial charge in [-0.15, -0.1) is 24.0 Å². The molecule has 2 fully saturated rings. The zero-order valence-electron chi connectivity index (χ0n) is 17.0. The van der Waals surface area contributed by atoms with E-state index < -0.39 is 0 Å². The van der Waals surface area contributed by atoms with E-state index in [0.717, 1.165) is 31.2 Å². The van der Waals surface area contributed by atoms with E-state index >= 15 is 0 Å². The highest BCUT2D eigenvalue weighted by atomic mass is 127. The van der Waals surface area contributed by atoms with Gasteiger partial charge in [-0.1, -0.05) is 31.4 Å². The van der Waals surface area contributed by atoms with Crippen molar-refractivity contribution in [3.63, 3.8) is 0 Å². The Bertz CT molecular complexity index is 653. The van der Waals surface area contributed by atoms with E-state index in [1.54, 1.807) is 7.05 Å². The molecule has 2 N–H and O–H groups in total. The van der Waals surface area contributed by atoms with Crippen LogP contribution in [0.4, 0.5) is 0 Å². The van der Waals surface area contributed by atoms with Crippen LogP contribution in [0.25, 0.3) is 0 Å². The van der Waals surface area contributed by atoms with Gasteiger partial charge in [0.25, 0.3) is 5.91 Å². The van der Waals surface area contributed by atoms with Crippen molar-refractivity contribution in [1.82, 2.24) is 15.5 Å².